The van der Waals surface area contributed by atoms with Crippen molar-refractivity contribution in [3.8, 4) is 0 Å². The molecular formula is C20H31N5O3. The minimum absolute atomic E-state index is 0.000445. The highest BCUT2D eigenvalue weighted by atomic mass is 16.2. The maximum atomic E-state index is 13.2. The van der Waals surface area contributed by atoms with Crippen LogP contribution in [-0.4, -0.2) is 68.5 Å². The Labute approximate surface area is 166 Å². The predicted octanol–water partition coefficient (Wildman–Crippen LogP) is 0.862. The molecule has 3 amide bonds. The molecule has 2 saturated heterocycles. The number of nitrogens with one attached hydrogen (secondary N) is 1. The molecule has 154 valence electrons. The standard InChI is InChI=1S/C20H31N5O3/c1-12(2)6-18-20(28)23-9-16(21-15(5)26)8-17(23)10-24(18)19(27)11-25-14(4)7-13(3)22-25/h7,12,16-18H,6,8-11H2,1-5H3,(H,21,26)/t16-,17-,18-/m0/s1. The van der Waals surface area contributed by atoms with E-state index in [-0.39, 0.29) is 36.3 Å². The fraction of sp³-hybridized carbons (Fsp3) is 0.700. The summed E-state index contributed by atoms with van der Waals surface area (Å²) in [6.45, 7) is 10.6. The fourth-order valence-corrected chi connectivity index (χ4v) is 4.43. The molecule has 2 aliphatic heterocycles. The third-order valence-corrected chi connectivity index (χ3v) is 5.58. The van der Waals surface area contributed by atoms with Gasteiger partial charge < -0.3 is 15.1 Å². The summed E-state index contributed by atoms with van der Waals surface area (Å²) < 4.78 is 1.70. The molecule has 0 radical (unpaired) electrons. The van der Waals surface area contributed by atoms with Crippen molar-refractivity contribution in [3.63, 3.8) is 0 Å². The lowest BCUT2D eigenvalue weighted by Crippen LogP contribution is -2.62. The van der Waals surface area contributed by atoms with Gasteiger partial charge in [0, 0.05) is 31.7 Å². The number of amides is 3. The Morgan fingerprint density at radius 2 is 2.00 bits per heavy atom. The number of carbonyl (C=O) groups excluding carboxylic acids is 3. The van der Waals surface area contributed by atoms with Crippen LogP contribution < -0.4 is 5.32 Å². The van der Waals surface area contributed by atoms with Crippen LogP contribution in [0.3, 0.4) is 0 Å². The van der Waals surface area contributed by atoms with Gasteiger partial charge in [0.15, 0.2) is 0 Å². The molecule has 0 aromatic carbocycles. The molecule has 3 rings (SSSR count). The van der Waals surface area contributed by atoms with Crippen LogP contribution in [0.1, 0.15) is 45.0 Å². The Balaban J connectivity index is 1.79. The van der Waals surface area contributed by atoms with Gasteiger partial charge in [0.1, 0.15) is 12.6 Å². The highest BCUT2D eigenvalue weighted by Gasteiger charge is 2.47. The minimum Gasteiger partial charge on any atom is -0.352 e. The zero-order valence-corrected chi connectivity index (χ0v) is 17.4. The van der Waals surface area contributed by atoms with Gasteiger partial charge in [-0.05, 0) is 38.7 Å². The first-order valence-corrected chi connectivity index (χ1v) is 10.0. The summed E-state index contributed by atoms with van der Waals surface area (Å²) in [6, 6.07) is 1.41. The molecule has 3 atom stereocenters. The largest absolute Gasteiger partial charge is 0.352 e. The van der Waals surface area contributed by atoms with E-state index in [4.69, 9.17) is 0 Å². The van der Waals surface area contributed by atoms with Crippen molar-refractivity contribution >= 4 is 17.7 Å². The summed E-state index contributed by atoms with van der Waals surface area (Å²) >= 11 is 0. The molecule has 1 N–H and O–H groups in total. The summed E-state index contributed by atoms with van der Waals surface area (Å²) in [5, 5.41) is 7.31. The number of nitrogens with zero attached hydrogens (tertiary/aromatic N) is 4. The van der Waals surface area contributed by atoms with Crippen molar-refractivity contribution in [3.05, 3.63) is 17.5 Å². The second-order valence-corrected chi connectivity index (χ2v) is 8.55. The van der Waals surface area contributed by atoms with E-state index in [1.54, 1.807) is 9.58 Å². The van der Waals surface area contributed by atoms with E-state index in [9.17, 15) is 14.4 Å². The van der Waals surface area contributed by atoms with E-state index in [0.29, 0.717) is 31.8 Å². The van der Waals surface area contributed by atoms with Gasteiger partial charge in [0.05, 0.1) is 11.7 Å². The van der Waals surface area contributed by atoms with E-state index in [1.807, 2.05) is 24.8 Å². The summed E-state index contributed by atoms with van der Waals surface area (Å²) in [6.07, 6.45) is 1.32. The van der Waals surface area contributed by atoms with Crippen molar-refractivity contribution in [2.24, 2.45) is 5.92 Å². The van der Waals surface area contributed by atoms with Gasteiger partial charge >= 0.3 is 0 Å². The number of piperazine rings is 1. The lowest BCUT2D eigenvalue weighted by molar-refractivity contribution is -0.154. The molecule has 8 heteroatoms. The number of hydrogen-bond donors (Lipinski definition) is 1. The average molecular weight is 390 g/mol. The van der Waals surface area contributed by atoms with Crippen molar-refractivity contribution in [2.75, 3.05) is 13.1 Å². The van der Waals surface area contributed by atoms with E-state index in [2.05, 4.69) is 24.3 Å². The Morgan fingerprint density at radius 3 is 2.57 bits per heavy atom. The topological polar surface area (TPSA) is 87.5 Å². The van der Waals surface area contributed by atoms with Crippen LogP contribution in [0.2, 0.25) is 0 Å². The van der Waals surface area contributed by atoms with Crippen LogP contribution in [0.15, 0.2) is 6.07 Å². The highest BCUT2D eigenvalue weighted by Crippen LogP contribution is 2.29. The summed E-state index contributed by atoms with van der Waals surface area (Å²) in [4.78, 5) is 41.4. The number of aryl methyl sites for hydroxylation is 2. The van der Waals surface area contributed by atoms with Crippen LogP contribution in [0.4, 0.5) is 0 Å². The third kappa shape index (κ3) is 4.20. The molecule has 0 unspecified atom stereocenters. The van der Waals surface area contributed by atoms with Gasteiger partial charge in [0.2, 0.25) is 17.7 Å². The van der Waals surface area contributed by atoms with E-state index < -0.39 is 6.04 Å². The Bertz CT molecular complexity index is 772. The average Bonchev–Trinajstić information content (AvgIpc) is 3.11. The molecule has 2 aliphatic rings. The quantitative estimate of drug-likeness (QED) is 0.809. The first kappa shape index (κ1) is 20.4. The number of carbonyl (C=O) groups is 3. The third-order valence-electron chi connectivity index (χ3n) is 5.58. The normalized spacial score (nSPS) is 24.6. The van der Waals surface area contributed by atoms with Gasteiger partial charge in [-0.25, -0.2) is 0 Å². The van der Waals surface area contributed by atoms with Gasteiger partial charge in [-0.1, -0.05) is 13.8 Å². The van der Waals surface area contributed by atoms with E-state index in [1.165, 1.54) is 6.92 Å². The monoisotopic (exact) mass is 389 g/mol. The van der Waals surface area contributed by atoms with Crippen molar-refractivity contribution < 1.29 is 14.4 Å². The van der Waals surface area contributed by atoms with Crippen molar-refractivity contribution in [1.82, 2.24) is 24.9 Å². The van der Waals surface area contributed by atoms with E-state index >= 15 is 0 Å². The maximum Gasteiger partial charge on any atom is 0.245 e. The SMILES string of the molecule is CC(=O)N[C@H]1C[C@H]2CN(C(=O)Cn3nc(C)cc3C)[C@@H](CC(C)C)C(=O)N2C1. The zero-order valence-electron chi connectivity index (χ0n) is 17.4. The first-order chi connectivity index (χ1) is 13.2. The van der Waals surface area contributed by atoms with Crippen LogP contribution in [0.5, 0.6) is 0 Å². The number of rotatable bonds is 5. The Morgan fingerprint density at radius 1 is 1.29 bits per heavy atom. The molecule has 3 heterocycles. The summed E-state index contributed by atoms with van der Waals surface area (Å²) in [7, 11) is 0. The predicted molar refractivity (Wildman–Crippen MR) is 104 cm³/mol. The second kappa shape index (κ2) is 7.93. The van der Waals surface area contributed by atoms with Crippen LogP contribution in [0.25, 0.3) is 0 Å². The molecule has 0 spiro atoms. The smallest absolute Gasteiger partial charge is 0.245 e. The Kier molecular flexibility index (Phi) is 5.76. The number of fused-ring (bicyclic) bond motifs is 1. The molecule has 28 heavy (non-hydrogen) atoms. The molecule has 1 aromatic heterocycles. The molecule has 8 nitrogen and oxygen atoms in total. The minimum atomic E-state index is -0.447. The summed E-state index contributed by atoms with van der Waals surface area (Å²) in [5.74, 6) is 0.129. The van der Waals surface area contributed by atoms with Crippen molar-refractivity contribution in [2.45, 2.75) is 72.1 Å². The fourth-order valence-electron chi connectivity index (χ4n) is 4.43. The molecule has 2 fully saturated rings. The maximum absolute atomic E-state index is 13.2. The molecule has 1 aromatic rings. The molecule has 0 bridgehead atoms. The number of aromatic nitrogens is 2. The van der Waals surface area contributed by atoms with Gasteiger partial charge in [-0.2, -0.15) is 5.10 Å². The van der Waals surface area contributed by atoms with Gasteiger partial charge in [-0.3, -0.25) is 19.1 Å². The van der Waals surface area contributed by atoms with Crippen LogP contribution in [-0.2, 0) is 20.9 Å². The molecule has 0 aliphatic carbocycles. The molecule has 0 saturated carbocycles. The molecular weight excluding hydrogens is 358 g/mol. The van der Waals surface area contributed by atoms with E-state index in [0.717, 1.165) is 11.4 Å². The van der Waals surface area contributed by atoms with Crippen LogP contribution in [0, 0.1) is 19.8 Å². The highest BCUT2D eigenvalue weighted by molar-refractivity contribution is 5.89. The van der Waals surface area contributed by atoms with Gasteiger partial charge in [-0.15, -0.1) is 0 Å². The summed E-state index contributed by atoms with van der Waals surface area (Å²) in [5.41, 5.74) is 1.81. The second-order valence-electron chi connectivity index (χ2n) is 8.55. The lowest BCUT2D eigenvalue weighted by atomic mass is 9.97. The van der Waals surface area contributed by atoms with Crippen LogP contribution >= 0.6 is 0 Å². The first-order valence-electron chi connectivity index (χ1n) is 10.0. The van der Waals surface area contributed by atoms with Crippen molar-refractivity contribution in [1.29, 1.82) is 0 Å². The lowest BCUT2D eigenvalue weighted by Gasteiger charge is -2.43. The number of hydrogen-bond acceptors (Lipinski definition) is 4. The zero-order chi connectivity index (χ0) is 20.6. The Hall–Kier alpha value is -2.38. The van der Waals surface area contributed by atoms with Gasteiger partial charge in [0.25, 0.3) is 0 Å².